The van der Waals surface area contributed by atoms with Gasteiger partial charge in [0.2, 0.25) is 0 Å². The Morgan fingerprint density at radius 3 is 2.44 bits per heavy atom. The molecule has 2 aromatic carbocycles. The third-order valence-corrected chi connectivity index (χ3v) is 6.06. The molecule has 1 amide bonds. The number of benzene rings is 2. The Labute approximate surface area is 203 Å². The van der Waals surface area contributed by atoms with Crippen molar-refractivity contribution in [2.45, 2.75) is 38.3 Å². The maximum Gasteiger partial charge on any atom is 0.250 e. The quantitative estimate of drug-likeness (QED) is 0.221. The van der Waals surface area contributed by atoms with E-state index in [1.54, 1.807) is 6.07 Å². The number of thioether (sulfide) groups is 1. The number of rotatable bonds is 7. The molecule has 34 heavy (non-hydrogen) atoms. The molecular weight excluding hydrogens is 446 g/mol. The van der Waals surface area contributed by atoms with Crippen LogP contribution in [0.2, 0.25) is 0 Å². The number of nitrogens with zero attached hydrogens (tertiary/aromatic N) is 4. The van der Waals surface area contributed by atoms with E-state index < -0.39 is 0 Å². The number of aromatic nitrogens is 3. The highest BCUT2D eigenvalue weighted by Gasteiger charge is 2.19. The summed E-state index contributed by atoms with van der Waals surface area (Å²) in [6.45, 7) is 8.42. The maximum atomic E-state index is 12.3. The second-order valence-corrected chi connectivity index (χ2v) is 9.78. The predicted octanol–water partition coefficient (Wildman–Crippen LogP) is 5.38. The fourth-order valence-electron chi connectivity index (χ4n) is 3.33. The lowest BCUT2D eigenvalue weighted by molar-refractivity contribution is -0.118. The zero-order chi connectivity index (χ0) is 24.1. The highest BCUT2D eigenvalue weighted by Crippen LogP contribution is 2.30. The van der Waals surface area contributed by atoms with Crippen molar-refractivity contribution < 1.29 is 9.21 Å². The van der Waals surface area contributed by atoms with Crippen LogP contribution < -0.4 is 5.43 Å². The number of nitrogens with one attached hydrogen (secondary N) is 1. The number of carbonyl (C=O) groups is 1. The van der Waals surface area contributed by atoms with Crippen molar-refractivity contribution in [3.63, 3.8) is 0 Å². The van der Waals surface area contributed by atoms with Gasteiger partial charge in [0.15, 0.2) is 11.0 Å². The first-order valence-corrected chi connectivity index (χ1v) is 11.9. The van der Waals surface area contributed by atoms with Gasteiger partial charge in [-0.1, -0.05) is 75.0 Å². The molecule has 8 heteroatoms. The summed E-state index contributed by atoms with van der Waals surface area (Å²) in [4.78, 5) is 12.3. The minimum Gasteiger partial charge on any atom is -0.460 e. The van der Waals surface area contributed by atoms with Gasteiger partial charge in [-0.05, 0) is 42.2 Å². The van der Waals surface area contributed by atoms with E-state index in [0.29, 0.717) is 10.9 Å². The van der Waals surface area contributed by atoms with E-state index in [9.17, 15) is 4.79 Å². The summed E-state index contributed by atoms with van der Waals surface area (Å²) in [6.07, 6.45) is 1.47. The van der Waals surface area contributed by atoms with Gasteiger partial charge in [0.05, 0.1) is 12.0 Å². The Balaban J connectivity index is 1.53. The summed E-state index contributed by atoms with van der Waals surface area (Å²) in [7, 11) is 0. The van der Waals surface area contributed by atoms with E-state index in [1.165, 1.54) is 23.5 Å². The summed E-state index contributed by atoms with van der Waals surface area (Å²) in [6, 6.07) is 21.9. The summed E-state index contributed by atoms with van der Waals surface area (Å²) < 4.78 is 7.37. The maximum absolute atomic E-state index is 12.3. The first-order valence-electron chi connectivity index (χ1n) is 10.9. The van der Waals surface area contributed by atoms with Gasteiger partial charge in [-0.3, -0.25) is 9.36 Å². The van der Waals surface area contributed by atoms with Crippen LogP contribution >= 0.6 is 11.8 Å². The average molecular weight is 474 g/mol. The molecule has 4 aromatic rings. The van der Waals surface area contributed by atoms with Crippen molar-refractivity contribution in [3.8, 4) is 17.1 Å². The summed E-state index contributed by atoms with van der Waals surface area (Å²) >= 11 is 1.30. The van der Waals surface area contributed by atoms with Crippen molar-refractivity contribution in [1.82, 2.24) is 20.2 Å². The second-order valence-electron chi connectivity index (χ2n) is 8.83. The van der Waals surface area contributed by atoms with Crippen molar-refractivity contribution in [2.24, 2.45) is 5.10 Å². The molecule has 7 nitrogen and oxygen atoms in total. The average Bonchev–Trinajstić information content (AvgIpc) is 3.44. The molecule has 4 rings (SSSR count). The molecule has 0 fully saturated rings. The summed E-state index contributed by atoms with van der Waals surface area (Å²) in [5.74, 6) is 1.98. The molecule has 2 aromatic heterocycles. The van der Waals surface area contributed by atoms with Gasteiger partial charge in [-0.25, -0.2) is 5.43 Å². The van der Waals surface area contributed by atoms with Crippen LogP contribution in [0.3, 0.4) is 0 Å². The summed E-state index contributed by atoms with van der Waals surface area (Å²) in [5, 5.41) is 13.4. The largest absolute Gasteiger partial charge is 0.460 e. The third-order valence-electron chi connectivity index (χ3n) is 5.13. The van der Waals surface area contributed by atoms with Gasteiger partial charge >= 0.3 is 0 Å². The molecule has 0 aliphatic rings. The number of hydrazone groups is 1. The van der Waals surface area contributed by atoms with Crippen LogP contribution in [-0.2, 0) is 10.2 Å². The minimum atomic E-state index is -0.247. The monoisotopic (exact) mass is 473 g/mol. The Bertz CT molecular complexity index is 1280. The van der Waals surface area contributed by atoms with Crippen molar-refractivity contribution in [3.05, 3.63) is 83.8 Å². The zero-order valence-corrected chi connectivity index (χ0v) is 20.5. The SMILES string of the molecule is Cc1ccc(C=NNC(=O)CSc2nnc(-c3ccc(C(C)(C)C)cc3)n2-c2ccccc2)o1. The van der Waals surface area contributed by atoms with Gasteiger partial charge in [-0.2, -0.15) is 5.10 Å². The first-order chi connectivity index (χ1) is 16.3. The lowest BCUT2D eigenvalue weighted by atomic mass is 9.87. The third kappa shape index (κ3) is 5.63. The molecule has 0 unspecified atom stereocenters. The second kappa shape index (κ2) is 10.1. The van der Waals surface area contributed by atoms with Crippen molar-refractivity contribution in [1.29, 1.82) is 0 Å². The molecule has 0 saturated heterocycles. The van der Waals surface area contributed by atoms with Gasteiger partial charge in [0, 0.05) is 11.3 Å². The van der Waals surface area contributed by atoms with E-state index >= 15 is 0 Å². The van der Waals surface area contributed by atoms with Crippen LogP contribution in [0.4, 0.5) is 0 Å². The molecule has 2 heterocycles. The van der Waals surface area contributed by atoms with E-state index in [4.69, 9.17) is 4.42 Å². The minimum absolute atomic E-state index is 0.0677. The molecule has 174 valence electrons. The molecule has 0 aliphatic heterocycles. The van der Waals surface area contributed by atoms with Crippen LogP contribution in [-0.4, -0.2) is 32.6 Å². The molecule has 0 saturated carbocycles. The highest BCUT2D eigenvalue weighted by molar-refractivity contribution is 7.99. The Kier molecular flexibility index (Phi) is 6.98. The van der Waals surface area contributed by atoms with Crippen LogP contribution in [0.25, 0.3) is 17.1 Å². The number of furan rings is 1. The van der Waals surface area contributed by atoms with Crippen LogP contribution in [0.15, 0.2) is 81.4 Å². The van der Waals surface area contributed by atoms with E-state index in [0.717, 1.165) is 22.8 Å². The highest BCUT2D eigenvalue weighted by atomic mass is 32.2. The molecule has 0 aliphatic carbocycles. The van der Waals surface area contributed by atoms with Crippen LogP contribution in [0.1, 0.15) is 37.9 Å². The normalized spacial score (nSPS) is 11.8. The standard InChI is InChI=1S/C26H27N5O2S/c1-18-10-15-22(33-18)16-27-28-23(32)17-34-25-30-29-24(31(25)21-8-6-5-7-9-21)19-11-13-20(14-12-19)26(2,3)4/h5-16H,17H2,1-4H3,(H,28,32). The summed E-state index contributed by atoms with van der Waals surface area (Å²) in [5.41, 5.74) is 5.72. The van der Waals surface area contributed by atoms with Gasteiger partial charge < -0.3 is 4.42 Å². The Morgan fingerprint density at radius 2 is 1.79 bits per heavy atom. The van der Waals surface area contributed by atoms with E-state index in [1.807, 2.05) is 47.9 Å². The number of amides is 1. The number of hydrogen-bond donors (Lipinski definition) is 1. The van der Waals surface area contributed by atoms with Crippen molar-refractivity contribution in [2.75, 3.05) is 5.75 Å². The van der Waals surface area contributed by atoms with E-state index in [2.05, 4.69) is 65.8 Å². The molecule has 0 atom stereocenters. The number of para-hydroxylation sites is 1. The van der Waals surface area contributed by atoms with Gasteiger partial charge in [0.25, 0.3) is 5.91 Å². The van der Waals surface area contributed by atoms with Gasteiger partial charge in [0.1, 0.15) is 11.5 Å². The van der Waals surface area contributed by atoms with Crippen molar-refractivity contribution >= 4 is 23.9 Å². The zero-order valence-electron chi connectivity index (χ0n) is 19.6. The molecule has 0 bridgehead atoms. The van der Waals surface area contributed by atoms with Crippen LogP contribution in [0.5, 0.6) is 0 Å². The lowest BCUT2D eigenvalue weighted by Gasteiger charge is -2.19. The molecule has 0 spiro atoms. The molecule has 1 N–H and O–H groups in total. The molecule has 0 radical (unpaired) electrons. The van der Waals surface area contributed by atoms with Gasteiger partial charge in [-0.15, -0.1) is 10.2 Å². The first kappa shape index (κ1) is 23.5. The Hall–Kier alpha value is -3.65. The smallest absolute Gasteiger partial charge is 0.250 e. The Morgan fingerprint density at radius 1 is 1.06 bits per heavy atom. The number of carbonyl (C=O) groups excluding carboxylic acids is 1. The fourth-order valence-corrected chi connectivity index (χ4v) is 4.08. The number of hydrogen-bond acceptors (Lipinski definition) is 6. The van der Waals surface area contributed by atoms with Crippen LogP contribution in [0, 0.1) is 6.92 Å². The van der Waals surface area contributed by atoms with E-state index in [-0.39, 0.29) is 17.1 Å². The topological polar surface area (TPSA) is 85.3 Å². The molecular formula is C26H27N5O2S. The number of aryl methyl sites for hydroxylation is 1. The lowest BCUT2D eigenvalue weighted by Crippen LogP contribution is -2.19. The predicted molar refractivity (Wildman–Crippen MR) is 135 cm³/mol. The fraction of sp³-hybridized carbons (Fsp3) is 0.231.